The predicted octanol–water partition coefficient (Wildman–Crippen LogP) is 4.21. The molecule has 1 amide bonds. The predicted molar refractivity (Wildman–Crippen MR) is 87.9 cm³/mol. The molecule has 0 spiro atoms. The lowest BCUT2D eigenvalue weighted by molar-refractivity contribution is -0.126. The van der Waals surface area contributed by atoms with Gasteiger partial charge in [0.1, 0.15) is 6.61 Å². The monoisotopic (exact) mass is 325 g/mol. The number of benzene rings is 1. The molecule has 0 fully saturated rings. The molecule has 1 aromatic rings. The van der Waals surface area contributed by atoms with Crippen molar-refractivity contribution < 1.29 is 14.3 Å². The Morgan fingerprint density at radius 3 is 2.32 bits per heavy atom. The van der Waals surface area contributed by atoms with Gasteiger partial charge >= 0.3 is 6.09 Å². The number of carbonyl (C=O) groups is 2. The van der Waals surface area contributed by atoms with Gasteiger partial charge in [0.25, 0.3) is 0 Å². The van der Waals surface area contributed by atoms with E-state index >= 15 is 0 Å². The van der Waals surface area contributed by atoms with Gasteiger partial charge in [-0.25, -0.2) is 4.79 Å². The standard InChI is InChI=1S/C17H24ClNO3/c1-11(2)14(20)15(17(3,4)5)19-16(21)22-10-12-8-6-7-9-13(12)18/h6-9,11,15H,10H2,1-5H3,(H,19,21). The minimum Gasteiger partial charge on any atom is -0.445 e. The van der Waals surface area contributed by atoms with Crippen LogP contribution in [0, 0.1) is 11.3 Å². The summed E-state index contributed by atoms with van der Waals surface area (Å²) in [7, 11) is 0. The van der Waals surface area contributed by atoms with E-state index in [9.17, 15) is 9.59 Å². The second kappa shape index (κ2) is 7.63. The maximum absolute atomic E-state index is 12.3. The Balaban J connectivity index is 2.68. The van der Waals surface area contributed by atoms with Crippen molar-refractivity contribution in [1.82, 2.24) is 5.32 Å². The minimum absolute atomic E-state index is 0.0119. The van der Waals surface area contributed by atoms with E-state index in [-0.39, 0.29) is 23.7 Å². The molecule has 1 rings (SSSR count). The van der Waals surface area contributed by atoms with Gasteiger partial charge in [-0.15, -0.1) is 0 Å². The summed E-state index contributed by atoms with van der Waals surface area (Å²) in [6, 6.07) is 6.56. The molecule has 0 saturated carbocycles. The molecular formula is C17H24ClNO3. The van der Waals surface area contributed by atoms with Crippen molar-refractivity contribution in [1.29, 1.82) is 0 Å². The lowest BCUT2D eigenvalue weighted by atomic mass is 9.81. The van der Waals surface area contributed by atoms with E-state index in [1.165, 1.54) is 0 Å². The van der Waals surface area contributed by atoms with Gasteiger partial charge in [-0.05, 0) is 11.5 Å². The lowest BCUT2D eigenvalue weighted by Crippen LogP contribution is -2.50. The van der Waals surface area contributed by atoms with E-state index in [1.54, 1.807) is 12.1 Å². The molecule has 0 aliphatic heterocycles. The van der Waals surface area contributed by atoms with Crippen LogP contribution in [0.1, 0.15) is 40.2 Å². The summed E-state index contributed by atoms with van der Waals surface area (Å²) in [5.74, 6) is -0.171. The average Bonchev–Trinajstić information content (AvgIpc) is 2.41. The van der Waals surface area contributed by atoms with Gasteiger partial charge in [-0.1, -0.05) is 64.4 Å². The van der Waals surface area contributed by atoms with E-state index in [1.807, 2.05) is 46.8 Å². The molecule has 5 heteroatoms. The van der Waals surface area contributed by atoms with Gasteiger partial charge in [-0.3, -0.25) is 4.79 Å². The zero-order valence-electron chi connectivity index (χ0n) is 13.8. The van der Waals surface area contributed by atoms with E-state index < -0.39 is 12.1 Å². The molecule has 1 aromatic carbocycles. The zero-order chi connectivity index (χ0) is 16.9. The molecule has 22 heavy (non-hydrogen) atoms. The number of carbonyl (C=O) groups excluding carboxylic acids is 2. The molecule has 0 radical (unpaired) electrons. The first-order chi connectivity index (χ1) is 10.1. The largest absolute Gasteiger partial charge is 0.445 e. The summed E-state index contributed by atoms with van der Waals surface area (Å²) in [4.78, 5) is 24.2. The van der Waals surface area contributed by atoms with Gasteiger partial charge in [0.15, 0.2) is 5.78 Å². The number of hydrogen-bond donors (Lipinski definition) is 1. The van der Waals surface area contributed by atoms with Crippen molar-refractivity contribution in [3.05, 3.63) is 34.9 Å². The Morgan fingerprint density at radius 2 is 1.82 bits per heavy atom. The molecule has 0 heterocycles. The number of halogens is 1. The minimum atomic E-state index is -0.617. The fourth-order valence-electron chi connectivity index (χ4n) is 1.97. The highest BCUT2D eigenvalue weighted by Gasteiger charge is 2.34. The summed E-state index contributed by atoms with van der Waals surface area (Å²) in [6.07, 6.45) is -0.617. The van der Waals surface area contributed by atoms with E-state index in [0.29, 0.717) is 5.02 Å². The van der Waals surface area contributed by atoms with Gasteiger partial charge in [0.2, 0.25) is 0 Å². The van der Waals surface area contributed by atoms with Crippen LogP contribution in [-0.2, 0) is 16.1 Å². The number of ether oxygens (including phenoxy) is 1. The summed E-state index contributed by atoms with van der Waals surface area (Å²) in [6.45, 7) is 9.43. The highest BCUT2D eigenvalue weighted by atomic mass is 35.5. The highest BCUT2D eigenvalue weighted by Crippen LogP contribution is 2.23. The van der Waals surface area contributed by atoms with Crippen LogP contribution in [0.25, 0.3) is 0 Å². The molecule has 1 atom stereocenters. The second-order valence-electron chi connectivity index (χ2n) is 6.67. The van der Waals surface area contributed by atoms with Crippen LogP contribution in [0.3, 0.4) is 0 Å². The number of Topliss-reactive ketones (excluding diaryl/α,β-unsaturated/α-hetero) is 1. The molecular weight excluding hydrogens is 302 g/mol. The van der Waals surface area contributed by atoms with Crippen molar-refractivity contribution in [3.8, 4) is 0 Å². The maximum Gasteiger partial charge on any atom is 0.408 e. The van der Waals surface area contributed by atoms with Crippen LogP contribution >= 0.6 is 11.6 Å². The maximum atomic E-state index is 12.3. The first-order valence-corrected chi connectivity index (χ1v) is 7.71. The number of nitrogens with one attached hydrogen (secondary N) is 1. The van der Waals surface area contributed by atoms with Crippen LogP contribution in [0.5, 0.6) is 0 Å². The summed E-state index contributed by atoms with van der Waals surface area (Å²) in [5.41, 5.74) is 0.340. The third-order valence-electron chi connectivity index (χ3n) is 3.30. The first-order valence-electron chi connectivity index (χ1n) is 7.33. The third kappa shape index (κ3) is 5.34. The normalized spacial score (nSPS) is 12.9. The molecule has 0 bridgehead atoms. The molecule has 1 unspecified atom stereocenters. The van der Waals surface area contributed by atoms with Crippen molar-refractivity contribution in [2.24, 2.45) is 11.3 Å². The molecule has 0 aliphatic rings. The Hall–Kier alpha value is -1.55. The second-order valence-corrected chi connectivity index (χ2v) is 7.08. The fourth-order valence-corrected chi connectivity index (χ4v) is 2.16. The summed E-state index contributed by atoms with van der Waals surface area (Å²) in [5, 5.41) is 3.22. The molecule has 4 nitrogen and oxygen atoms in total. The van der Waals surface area contributed by atoms with E-state index in [0.717, 1.165) is 5.56 Å². The number of rotatable bonds is 5. The molecule has 0 aliphatic carbocycles. The summed E-state index contributed by atoms with van der Waals surface area (Å²) >= 11 is 6.01. The fraction of sp³-hybridized carbons (Fsp3) is 0.529. The Labute approximate surface area is 137 Å². The average molecular weight is 326 g/mol. The topological polar surface area (TPSA) is 55.4 Å². The Morgan fingerprint density at radius 1 is 1.23 bits per heavy atom. The molecule has 1 N–H and O–H groups in total. The number of amides is 1. The third-order valence-corrected chi connectivity index (χ3v) is 3.67. The van der Waals surface area contributed by atoms with Gasteiger partial charge < -0.3 is 10.1 Å². The van der Waals surface area contributed by atoms with Crippen LogP contribution in [-0.4, -0.2) is 17.9 Å². The van der Waals surface area contributed by atoms with Crippen molar-refractivity contribution in [2.45, 2.75) is 47.3 Å². The lowest BCUT2D eigenvalue weighted by Gasteiger charge is -2.31. The van der Waals surface area contributed by atoms with Crippen LogP contribution in [0.2, 0.25) is 5.02 Å². The van der Waals surface area contributed by atoms with E-state index in [2.05, 4.69) is 5.32 Å². The van der Waals surface area contributed by atoms with Crippen LogP contribution < -0.4 is 5.32 Å². The quantitative estimate of drug-likeness (QED) is 0.882. The SMILES string of the molecule is CC(C)C(=O)C(NC(=O)OCc1ccccc1Cl)C(C)(C)C. The number of alkyl carbamates (subject to hydrolysis) is 1. The number of ketones is 1. The molecule has 0 saturated heterocycles. The summed E-state index contributed by atoms with van der Waals surface area (Å²) < 4.78 is 5.18. The first kappa shape index (κ1) is 18.5. The van der Waals surface area contributed by atoms with Crippen LogP contribution in [0.4, 0.5) is 4.79 Å². The van der Waals surface area contributed by atoms with Gasteiger partial charge in [0.05, 0.1) is 6.04 Å². The molecule has 122 valence electrons. The van der Waals surface area contributed by atoms with Crippen molar-refractivity contribution in [2.75, 3.05) is 0 Å². The van der Waals surface area contributed by atoms with Crippen molar-refractivity contribution >= 4 is 23.5 Å². The number of hydrogen-bond acceptors (Lipinski definition) is 3. The Bertz CT molecular complexity index is 535. The van der Waals surface area contributed by atoms with E-state index in [4.69, 9.17) is 16.3 Å². The van der Waals surface area contributed by atoms with Crippen molar-refractivity contribution in [3.63, 3.8) is 0 Å². The molecule has 0 aromatic heterocycles. The Kier molecular flexibility index (Phi) is 6.42. The van der Waals surface area contributed by atoms with Gasteiger partial charge in [0, 0.05) is 16.5 Å². The highest BCUT2D eigenvalue weighted by molar-refractivity contribution is 6.31. The van der Waals surface area contributed by atoms with Gasteiger partial charge in [-0.2, -0.15) is 0 Å². The zero-order valence-corrected chi connectivity index (χ0v) is 14.5. The smallest absolute Gasteiger partial charge is 0.408 e. The van der Waals surface area contributed by atoms with Crippen LogP contribution in [0.15, 0.2) is 24.3 Å².